The Morgan fingerprint density at radius 2 is 0.439 bits per heavy atom. The first-order valence-electron chi connectivity index (χ1n) is 17.0. The molecule has 0 saturated heterocycles. The van der Waals surface area contributed by atoms with E-state index >= 15 is 0 Å². The summed E-state index contributed by atoms with van der Waals surface area (Å²) in [6, 6.07) is 18.4. The van der Waals surface area contributed by atoms with Gasteiger partial charge in [-0.25, -0.2) is 0 Å². The fourth-order valence-electron chi connectivity index (χ4n) is 4.68. The lowest BCUT2D eigenvalue weighted by molar-refractivity contribution is -0.757. The second-order valence-electron chi connectivity index (χ2n) is 12.2. The average Bonchev–Trinajstić information content (AvgIpc) is 3.02. The zero-order chi connectivity index (χ0) is 38.9. The molecule has 4 bridgehead atoms. The smallest absolute Gasteiger partial charge is 0.125 e. The number of quaternary nitrogens is 8. The van der Waals surface area contributed by atoms with Gasteiger partial charge in [0.15, 0.2) is 0 Å². The zero-order valence-electron chi connectivity index (χ0n) is 36.2. The Kier molecular flexibility index (Phi) is 85.9. The van der Waals surface area contributed by atoms with E-state index in [2.05, 4.69) is 80.4 Å². The van der Waals surface area contributed by atoms with Crippen LogP contribution in [0.4, 0.5) is 0 Å². The quantitative estimate of drug-likeness (QED) is 0.114. The molecule has 0 spiro atoms. The van der Waals surface area contributed by atoms with Gasteiger partial charge in [0.25, 0.3) is 0 Å². The fraction of sp³-hybridized carbons (Fsp3) is 0.571. The van der Waals surface area contributed by atoms with Gasteiger partial charge in [0.2, 0.25) is 0 Å². The molecule has 66 heavy (non-hydrogen) atoms. The molecule has 412 valence electrons. The molecular weight excluding hydrogens is 988 g/mol. The summed E-state index contributed by atoms with van der Waals surface area (Å²) in [5.41, 5.74) is 5.74. The summed E-state index contributed by atoms with van der Waals surface area (Å²) >= 11 is 0. The standard InChI is InChI=1S/C24H38N6.2C2H9NO6P2.14H2O/c1-2-22-4-3-21(1)17-27-13-9-25-11-15-29-19-23-5-7-24(8-6-23)20-30-16-12-26-10-14-28-18-22;2*4-10(5,6)1-3-2-11(7,8)9;;;;;;;;;;;;;;/h1-8,25-30H,9-20H2;2*3H,1-2H2,(H2,4,5,6)(H2,7,8,9);14*1H2. The third-order valence-corrected chi connectivity index (χ3v) is 10.1. The molecule has 2 aromatic rings. The highest BCUT2D eigenvalue weighted by atomic mass is 31.2. The predicted octanol–water partition coefficient (Wildman–Crippen LogP) is -26.2. The SMILES string of the molecule is O.O.O.O.O.O.O.O.O.O.O.O.O.O.O=P([O-])([O-])C[NH2+]CP(=O)([O-])[O-].O=P([O-])([O-])C[NH2+]CP(=O)([O-])[O-].c1cc2ccc1C[NH2+]CC[NH2+]CC[NH2+]Cc1ccc(cc1)C[NH2+]CC[NH2+]CC[NH2+]C2. The molecule has 38 heteroatoms. The van der Waals surface area contributed by atoms with E-state index in [9.17, 15) is 57.4 Å². The molecule has 0 aliphatic carbocycles. The van der Waals surface area contributed by atoms with Crippen molar-refractivity contribution in [2.75, 3.05) is 77.5 Å². The van der Waals surface area contributed by atoms with Crippen molar-refractivity contribution in [1.82, 2.24) is 0 Å². The number of nitrogens with two attached hydrogens (primary N) is 8. The first-order valence-corrected chi connectivity index (χ1v) is 24.0. The van der Waals surface area contributed by atoms with Crippen molar-refractivity contribution in [3.63, 3.8) is 0 Å². The third kappa shape index (κ3) is 68.7. The number of rotatable bonds is 8. The molecule has 4 aliphatic heterocycles. The van der Waals surface area contributed by atoms with Crippen LogP contribution in [0.2, 0.25) is 0 Å². The van der Waals surface area contributed by atoms with Crippen molar-refractivity contribution in [2.24, 2.45) is 0 Å². The molecule has 0 amide bonds. The van der Waals surface area contributed by atoms with E-state index in [0.717, 1.165) is 26.2 Å². The van der Waals surface area contributed by atoms with Crippen LogP contribution in [0.15, 0.2) is 48.5 Å². The van der Waals surface area contributed by atoms with Crippen LogP contribution < -0.4 is 81.7 Å². The highest BCUT2D eigenvalue weighted by Crippen LogP contribution is 2.21. The van der Waals surface area contributed by atoms with E-state index < -0.39 is 55.5 Å². The van der Waals surface area contributed by atoms with E-state index in [4.69, 9.17) is 0 Å². The first-order chi connectivity index (χ1) is 24.3. The van der Waals surface area contributed by atoms with E-state index in [1.54, 1.807) is 0 Å². The molecule has 0 radical (unpaired) electrons. The van der Waals surface area contributed by atoms with Crippen LogP contribution in [0.3, 0.4) is 0 Å². The Balaban J connectivity index is -0.0000000543. The lowest BCUT2D eigenvalue weighted by Gasteiger charge is -2.31. The Hall–Kier alpha value is -1.84. The van der Waals surface area contributed by atoms with Crippen molar-refractivity contribution < 1.29 is 177 Å². The van der Waals surface area contributed by atoms with Gasteiger partial charge in [-0.05, 0) is 30.4 Å². The highest BCUT2D eigenvalue weighted by Gasteiger charge is 2.04. The number of hydrogen-bond acceptors (Lipinski definition) is 12. The van der Waals surface area contributed by atoms with Gasteiger partial charge in [-0.1, -0.05) is 48.5 Å². The molecule has 0 fully saturated rings. The summed E-state index contributed by atoms with van der Waals surface area (Å²) in [6.45, 7) is 13.9. The molecule has 44 N–H and O–H groups in total. The molecule has 4 aliphatic rings. The summed E-state index contributed by atoms with van der Waals surface area (Å²) in [5, 5.41) is 15.9. The molecule has 2 aromatic carbocycles. The van der Waals surface area contributed by atoms with Gasteiger partial charge >= 0.3 is 0 Å². The molecular formula is C28H84N8O26P4. The fourth-order valence-corrected chi connectivity index (χ4v) is 6.87. The minimum atomic E-state index is -4.71. The van der Waals surface area contributed by atoms with Crippen LogP contribution in [-0.4, -0.2) is 154 Å². The highest BCUT2D eigenvalue weighted by molar-refractivity contribution is 7.49. The molecule has 0 atom stereocenters. The van der Waals surface area contributed by atoms with Gasteiger partial charge in [-0.15, -0.1) is 0 Å². The summed E-state index contributed by atoms with van der Waals surface area (Å²) < 4.78 is 39.5. The largest absolute Gasteiger partial charge is 0.807 e. The van der Waals surface area contributed by atoms with Crippen LogP contribution in [0.5, 0.6) is 0 Å². The van der Waals surface area contributed by atoms with Gasteiger partial charge in [-0.3, -0.25) is 0 Å². The predicted molar refractivity (Wildman–Crippen MR) is 223 cm³/mol. The van der Waals surface area contributed by atoms with Crippen molar-refractivity contribution in [2.45, 2.75) is 26.2 Å². The van der Waals surface area contributed by atoms with Gasteiger partial charge in [0.1, 0.15) is 104 Å². The van der Waals surface area contributed by atoms with E-state index in [1.165, 1.54) is 74.6 Å². The minimum absolute atomic E-state index is 0. The van der Waals surface area contributed by atoms with E-state index in [0.29, 0.717) is 10.6 Å². The zero-order valence-corrected chi connectivity index (χ0v) is 39.8. The van der Waals surface area contributed by atoms with Crippen LogP contribution in [0, 0.1) is 0 Å². The third-order valence-electron chi connectivity index (χ3n) is 7.28. The number of hydrogen-bond donors (Lipinski definition) is 8. The van der Waals surface area contributed by atoms with Crippen molar-refractivity contribution in [3.8, 4) is 0 Å². The molecule has 4 heterocycles. The van der Waals surface area contributed by atoms with Gasteiger partial charge in [0, 0.05) is 22.3 Å². The Morgan fingerprint density at radius 3 is 0.576 bits per heavy atom. The maximum Gasteiger partial charge on any atom is 0.125 e. The van der Waals surface area contributed by atoms with Crippen LogP contribution in [0.25, 0.3) is 0 Å². The average molecular weight is 1070 g/mol. The molecule has 0 aromatic heterocycles. The normalized spacial score (nSPS) is 13.1. The Morgan fingerprint density at radius 1 is 0.303 bits per heavy atom. The monoisotopic (exact) mass is 1070 g/mol. The summed E-state index contributed by atoms with van der Waals surface area (Å²) in [4.78, 5) is 78.9. The Bertz CT molecular complexity index is 1240. The van der Waals surface area contributed by atoms with Crippen LogP contribution in [-0.2, 0) is 44.4 Å². The molecule has 6 rings (SSSR count). The van der Waals surface area contributed by atoms with Gasteiger partial charge in [0.05, 0.1) is 0 Å². The van der Waals surface area contributed by atoms with Gasteiger partial charge < -0.3 is 177 Å². The van der Waals surface area contributed by atoms with Gasteiger partial charge in [-0.2, -0.15) is 0 Å². The van der Waals surface area contributed by atoms with E-state index in [-0.39, 0.29) is 76.7 Å². The number of benzene rings is 2. The minimum Gasteiger partial charge on any atom is -0.807 e. The second-order valence-corrected chi connectivity index (χ2v) is 18.6. The maximum atomic E-state index is 9.86. The Labute approximate surface area is 381 Å². The summed E-state index contributed by atoms with van der Waals surface area (Å²) in [5.74, 6) is 0. The van der Waals surface area contributed by atoms with Crippen molar-refractivity contribution in [1.29, 1.82) is 0 Å². The van der Waals surface area contributed by atoms with Crippen molar-refractivity contribution in [3.05, 3.63) is 70.8 Å². The topological polar surface area (TPSA) is 827 Å². The first kappa shape index (κ1) is 102. The molecule has 0 unspecified atom stereocenters. The lowest BCUT2D eigenvalue weighted by Crippen LogP contribution is -2.98. The second kappa shape index (κ2) is 55.8. The molecule has 0 saturated carbocycles. The summed E-state index contributed by atoms with van der Waals surface area (Å²) in [7, 11) is -18.8. The maximum absolute atomic E-state index is 9.86. The van der Waals surface area contributed by atoms with E-state index in [1.807, 2.05) is 0 Å². The van der Waals surface area contributed by atoms with Crippen LogP contribution in [0.1, 0.15) is 22.3 Å². The lowest BCUT2D eigenvalue weighted by atomic mass is 10.1. The van der Waals surface area contributed by atoms with Crippen molar-refractivity contribution >= 4 is 30.4 Å². The summed E-state index contributed by atoms with van der Waals surface area (Å²) in [6.07, 6.45) is -3.61. The molecule has 34 nitrogen and oxygen atoms in total. The van der Waals surface area contributed by atoms with Crippen LogP contribution >= 0.6 is 30.4 Å².